The highest BCUT2D eigenvalue weighted by atomic mass is 14.3. The lowest BCUT2D eigenvalue weighted by Crippen LogP contribution is -2.20. The lowest BCUT2D eigenvalue weighted by Gasteiger charge is -2.30. The third kappa shape index (κ3) is 7.44. The third-order valence-electron chi connectivity index (χ3n) is 4.89. The Morgan fingerprint density at radius 2 is 1.00 bits per heavy atom. The van der Waals surface area contributed by atoms with Crippen LogP contribution >= 0.6 is 0 Å². The van der Waals surface area contributed by atoms with Crippen LogP contribution in [-0.2, 0) is 0 Å². The summed E-state index contributed by atoms with van der Waals surface area (Å²) in [5.41, 5.74) is 0. The van der Waals surface area contributed by atoms with E-state index in [0.29, 0.717) is 0 Å². The summed E-state index contributed by atoms with van der Waals surface area (Å²) >= 11 is 0. The van der Waals surface area contributed by atoms with Crippen LogP contribution in [0.5, 0.6) is 0 Å². The molecule has 0 heterocycles. The molecule has 0 heteroatoms. The Kier molecular flexibility index (Phi) is 12.1. The normalized spacial score (nSPS) is 16.5. The Morgan fingerprint density at radius 3 is 1.28 bits per heavy atom. The predicted molar refractivity (Wildman–Crippen MR) is 85.0 cm³/mol. The van der Waals surface area contributed by atoms with E-state index in [4.69, 9.17) is 0 Å². The van der Waals surface area contributed by atoms with Gasteiger partial charge in [0.1, 0.15) is 0 Å². The molecule has 0 radical (unpaired) electrons. The second-order valence-corrected chi connectivity index (χ2v) is 6.19. The van der Waals surface area contributed by atoms with Gasteiger partial charge < -0.3 is 0 Å². The summed E-state index contributed by atoms with van der Waals surface area (Å²) in [4.78, 5) is 0. The minimum atomic E-state index is 0.939. The molecular weight excluding hydrogens is 216 g/mol. The van der Waals surface area contributed by atoms with Gasteiger partial charge in [-0.2, -0.15) is 0 Å². The fourth-order valence-electron chi connectivity index (χ4n) is 3.38. The van der Waals surface area contributed by atoms with Crippen molar-refractivity contribution in [2.24, 2.45) is 17.8 Å². The second kappa shape index (κ2) is 12.1. The maximum absolute atomic E-state index is 2.53. The topological polar surface area (TPSA) is 0 Å². The molecule has 0 bridgehead atoms. The smallest absolute Gasteiger partial charge is 0.0386 e. The van der Waals surface area contributed by atoms with Crippen LogP contribution < -0.4 is 0 Å². The third-order valence-corrected chi connectivity index (χ3v) is 4.89. The van der Waals surface area contributed by atoms with Gasteiger partial charge in [0.2, 0.25) is 0 Å². The van der Waals surface area contributed by atoms with Gasteiger partial charge in [0.15, 0.2) is 0 Å². The standard InChI is InChI=1S/C18H38/c1-6-10-12-14-17(8-3)16(5)18(9-4)15-13-11-7-2/h16-18H,6-15H2,1-5H3. The number of unbranched alkanes of at least 4 members (excludes halogenated alkanes) is 4. The highest BCUT2D eigenvalue weighted by Gasteiger charge is 2.22. The molecule has 0 aromatic heterocycles. The Hall–Kier alpha value is 0. The van der Waals surface area contributed by atoms with Gasteiger partial charge in [-0.3, -0.25) is 0 Å². The lowest BCUT2D eigenvalue weighted by molar-refractivity contribution is 0.204. The predicted octanol–water partition coefficient (Wildman–Crippen LogP) is 6.84. The Labute approximate surface area is 117 Å². The molecule has 0 aromatic rings. The molecule has 0 nitrogen and oxygen atoms in total. The molecule has 0 aliphatic rings. The Balaban J connectivity index is 4.11. The first-order chi connectivity index (χ1) is 8.71. The van der Waals surface area contributed by atoms with Crippen LogP contribution in [0, 0.1) is 17.8 Å². The van der Waals surface area contributed by atoms with Crippen LogP contribution in [0.4, 0.5) is 0 Å². The van der Waals surface area contributed by atoms with Crippen molar-refractivity contribution in [1.29, 1.82) is 0 Å². The molecule has 0 fully saturated rings. The zero-order valence-electron chi connectivity index (χ0n) is 13.8. The van der Waals surface area contributed by atoms with Crippen molar-refractivity contribution in [3.63, 3.8) is 0 Å². The summed E-state index contributed by atoms with van der Waals surface area (Å²) in [6, 6.07) is 0. The van der Waals surface area contributed by atoms with Gasteiger partial charge in [-0.1, -0.05) is 98.8 Å². The molecule has 0 aliphatic carbocycles. The molecule has 18 heavy (non-hydrogen) atoms. The van der Waals surface area contributed by atoms with E-state index in [9.17, 15) is 0 Å². The first kappa shape index (κ1) is 18.0. The van der Waals surface area contributed by atoms with E-state index in [2.05, 4.69) is 34.6 Å². The average Bonchev–Trinajstić information content (AvgIpc) is 2.39. The van der Waals surface area contributed by atoms with Gasteiger partial charge in [-0.05, 0) is 17.8 Å². The molecule has 110 valence electrons. The molecule has 0 saturated carbocycles. The minimum absolute atomic E-state index is 0.939. The zero-order valence-corrected chi connectivity index (χ0v) is 13.8. The van der Waals surface area contributed by atoms with Crippen LogP contribution in [0.25, 0.3) is 0 Å². The maximum Gasteiger partial charge on any atom is -0.0386 e. The number of rotatable bonds is 12. The lowest BCUT2D eigenvalue weighted by atomic mass is 9.76. The van der Waals surface area contributed by atoms with E-state index in [1.807, 2.05) is 0 Å². The molecule has 0 aliphatic heterocycles. The SMILES string of the molecule is CCCCCC(CC)C(C)C(CC)CCCCC. The van der Waals surface area contributed by atoms with Gasteiger partial charge >= 0.3 is 0 Å². The van der Waals surface area contributed by atoms with Crippen LogP contribution in [-0.4, -0.2) is 0 Å². The van der Waals surface area contributed by atoms with E-state index >= 15 is 0 Å². The van der Waals surface area contributed by atoms with Gasteiger partial charge in [-0.25, -0.2) is 0 Å². The summed E-state index contributed by atoms with van der Waals surface area (Å²) in [5.74, 6) is 2.89. The molecule has 2 unspecified atom stereocenters. The summed E-state index contributed by atoms with van der Waals surface area (Å²) in [7, 11) is 0. The fraction of sp³-hybridized carbons (Fsp3) is 1.00. The molecule has 0 aromatic carbocycles. The van der Waals surface area contributed by atoms with Gasteiger partial charge in [0, 0.05) is 0 Å². The number of hydrogen-bond donors (Lipinski definition) is 0. The van der Waals surface area contributed by atoms with Crippen molar-refractivity contribution >= 4 is 0 Å². The second-order valence-electron chi connectivity index (χ2n) is 6.19. The van der Waals surface area contributed by atoms with E-state index in [1.165, 1.54) is 64.2 Å². The number of hydrogen-bond acceptors (Lipinski definition) is 0. The quantitative estimate of drug-likeness (QED) is 0.335. The van der Waals surface area contributed by atoms with Crippen LogP contribution in [0.15, 0.2) is 0 Å². The monoisotopic (exact) mass is 254 g/mol. The van der Waals surface area contributed by atoms with Crippen molar-refractivity contribution in [2.45, 2.75) is 98.8 Å². The summed E-state index contributed by atoms with van der Waals surface area (Å²) in [6.45, 7) is 11.9. The van der Waals surface area contributed by atoms with Gasteiger partial charge in [0.05, 0.1) is 0 Å². The van der Waals surface area contributed by atoms with E-state index < -0.39 is 0 Å². The first-order valence-electron chi connectivity index (χ1n) is 8.71. The fourth-order valence-corrected chi connectivity index (χ4v) is 3.38. The van der Waals surface area contributed by atoms with Crippen molar-refractivity contribution in [1.82, 2.24) is 0 Å². The molecule has 0 rings (SSSR count). The van der Waals surface area contributed by atoms with Crippen molar-refractivity contribution in [2.75, 3.05) is 0 Å². The maximum atomic E-state index is 2.53. The molecule has 2 atom stereocenters. The van der Waals surface area contributed by atoms with E-state index in [-0.39, 0.29) is 0 Å². The molecule has 0 spiro atoms. The van der Waals surface area contributed by atoms with Gasteiger partial charge in [0.25, 0.3) is 0 Å². The zero-order chi connectivity index (χ0) is 13.8. The van der Waals surface area contributed by atoms with Crippen molar-refractivity contribution < 1.29 is 0 Å². The van der Waals surface area contributed by atoms with Crippen LogP contribution in [0.1, 0.15) is 98.8 Å². The van der Waals surface area contributed by atoms with Crippen LogP contribution in [0.3, 0.4) is 0 Å². The average molecular weight is 255 g/mol. The first-order valence-corrected chi connectivity index (χ1v) is 8.71. The van der Waals surface area contributed by atoms with Crippen LogP contribution in [0.2, 0.25) is 0 Å². The van der Waals surface area contributed by atoms with Gasteiger partial charge in [-0.15, -0.1) is 0 Å². The highest BCUT2D eigenvalue weighted by molar-refractivity contribution is 4.73. The minimum Gasteiger partial charge on any atom is -0.0654 e. The highest BCUT2D eigenvalue weighted by Crippen LogP contribution is 2.33. The Morgan fingerprint density at radius 1 is 0.611 bits per heavy atom. The molecule has 0 amide bonds. The molecule has 0 N–H and O–H groups in total. The largest absolute Gasteiger partial charge is 0.0654 e. The van der Waals surface area contributed by atoms with Crippen molar-refractivity contribution in [3.8, 4) is 0 Å². The van der Waals surface area contributed by atoms with Crippen molar-refractivity contribution in [3.05, 3.63) is 0 Å². The summed E-state index contributed by atoms with van der Waals surface area (Å²) in [6.07, 6.45) is 14.2. The summed E-state index contributed by atoms with van der Waals surface area (Å²) < 4.78 is 0. The molecule has 0 saturated heterocycles. The Bertz CT molecular complexity index is 143. The molecular formula is C18H38. The van der Waals surface area contributed by atoms with E-state index in [0.717, 1.165) is 17.8 Å². The summed E-state index contributed by atoms with van der Waals surface area (Å²) in [5, 5.41) is 0. The van der Waals surface area contributed by atoms with E-state index in [1.54, 1.807) is 0 Å².